The zero-order valence-electron chi connectivity index (χ0n) is 17.5. The fraction of sp³-hybridized carbons (Fsp3) is 0.154. The Hall–Kier alpha value is -3.64. The molecule has 2 N–H and O–H groups in total. The molecule has 0 saturated carbocycles. The number of carbonyl (C=O) groups excluding carboxylic acids is 1. The van der Waals surface area contributed by atoms with Crippen LogP contribution in [0, 0.1) is 0 Å². The van der Waals surface area contributed by atoms with Gasteiger partial charge in [0.1, 0.15) is 5.56 Å². The molecule has 1 aliphatic heterocycles. The van der Waals surface area contributed by atoms with Gasteiger partial charge >= 0.3 is 0 Å². The van der Waals surface area contributed by atoms with Crippen LogP contribution in [0.5, 0.6) is 0 Å². The first kappa shape index (κ1) is 20.3. The molecule has 32 heavy (non-hydrogen) atoms. The first-order valence-corrected chi connectivity index (χ1v) is 11.5. The number of hydrogen-bond donors (Lipinski definition) is 2. The van der Waals surface area contributed by atoms with Crippen LogP contribution in [0.1, 0.15) is 27.0 Å². The van der Waals surface area contributed by atoms with E-state index >= 15 is 0 Å². The number of aromatic nitrogens is 1. The minimum absolute atomic E-state index is 0.120. The van der Waals surface area contributed by atoms with E-state index in [0.29, 0.717) is 6.54 Å². The van der Waals surface area contributed by atoms with Gasteiger partial charge in [-0.2, -0.15) is 0 Å². The zero-order chi connectivity index (χ0) is 21.9. The molecule has 0 fully saturated rings. The molecular formula is C26H23N3O2S. The lowest BCUT2D eigenvalue weighted by Gasteiger charge is -2.19. The van der Waals surface area contributed by atoms with Crippen molar-refractivity contribution in [3.8, 4) is 10.6 Å². The number of nitrogens with one attached hydrogen (secondary N) is 2. The fourth-order valence-electron chi connectivity index (χ4n) is 4.06. The minimum atomic E-state index is -0.380. The highest BCUT2D eigenvalue weighted by Crippen LogP contribution is 2.28. The van der Waals surface area contributed by atoms with Crippen molar-refractivity contribution in [1.29, 1.82) is 0 Å². The number of fused-ring (bicyclic) bond motifs is 1. The van der Waals surface area contributed by atoms with Crippen molar-refractivity contribution < 1.29 is 4.79 Å². The Labute approximate surface area is 190 Å². The van der Waals surface area contributed by atoms with Gasteiger partial charge < -0.3 is 15.2 Å². The Morgan fingerprint density at radius 1 is 0.969 bits per heavy atom. The van der Waals surface area contributed by atoms with Gasteiger partial charge in [-0.1, -0.05) is 48.5 Å². The molecule has 5 nitrogen and oxygen atoms in total. The molecule has 0 unspecified atom stereocenters. The number of H-pyrrole nitrogens is 1. The molecule has 1 aliphatic rings. The highest BCUT2D eigenvalue weighted by molar-refractivity contribution is 7.13. The van der Waals surface area contributed by atoms with Crippen LogP contribution in [0.3, 0.4) is 0 Å². The maximum absolute atomic E-state index is 12.5. The number of carbonyl (C=O) groups is 1. The number of amides is 1. The lowest BCUT2D eigenvalue weighted by molar-refractivity contribution is 0.0949. The van der Waals surface area contributed by atoms with Crippen molar-refractivity contribution in [3.05, 3.63) is 111 Å². The molecule has 0 spiro atoms. The molecule has 0 saturated heterocycles. The summed E-state index contributed by atoms with van der Waals surface area (Å²) in [4.78, 5) is 31.0. The van der Waals surface area contributed by atoms with Gasteiger partial charge in [-0.3, -0.25) is 9.59 Å². The summed E-state index contributed by atoms with van der Waals surface area (Å²) < 4.78 is 0. The number of thiophene rings is 1. The predicted molar refractivity (Wildman–Crippen MR) is 129 cm³/mol. The van der Waals surface area contributed by atoms with E-state index in [-0.39, 0.29) is 17.0 Å². The summed E-state index contributed by atoms with van der Waals surface area (Å²) in [6, 6.07) is 24.0. The summed E-state index contributed by atoms with van der Waals surface area (Å²) in [5.74, 6) is -0.373. The van der Waals surface area contributed by atoms with Crippen LogP contribution in [-0.4, -0.2) is 17.4 Å². The van der Waals surface area contributed by atoms with Crippen LogP contribution in [-0.2, 0) is 19.5 Å². The summed E-state index contributed by atoms with van der Waals surface area (Å²) in [6.07, 6.45) is 1.09. The summed E-state index contributed by atoms with van der Waals surface area (Å²) in [7, 11) is 0. The van der Waals surface area contributed by atoms with Crippen molar-refractivity contribution in [2.45, 2.75) is 19.5 Å². The average molecular weight is 442 g/mol. The number of benzene rings is 2. The summed E-state index contributed by atoms with van der Waals surface area (Å²) in [6.45, 7) is 2.28. The molecule has 4 aromatic rings. The zero-order valence-corrected chi connectivity index (χ0v) is 18.3. The van der Waals surface area contributed by atoms with E-state index in [1.807, 2.05) is 29.6 Å². The molecular weight excluding hydrogens is 418 g/mol. The number of rotatable bonds is 6. The van der Waals surface area contributed by atoms with Gasteiger partial charge in [0.2, 0.25) is 0 Å². The van der Waals surface area contributed by atoms with E-state index in [0.717, 1.165) is 35.6 Å². The maximum atomic E-state index is 12.5. The molecule has 5 rings (SSSR count). The lowest BCUT2D eigenvalue weighted by Crippen LogP contribution is -2.29. The van der Waals surface area contributed by atoms with E-state index < -0.39 is 0 Å². The minimum Gasteiger partial charge on any atom is -0.367 e. The molecule has 0 aliphatic carbocycles. The standard InChI is InChI=1S/C26H23N3O2S/c30-25(21-11-12-22(28-26(21)31)24-6-3-15-32-24)27-16-18-7-9-19(10-8-18)17-29-14-13-20-4-1-2-5-23(20)29/h1-12,15H,13-14,16-17H2,(H,27,30)(H,28,31). The Bertz CT molecular complexity index is 1290. The fourth-order valence-corrected chi connectivity index (χ4v) is 4.77. The molecule has 0 bridgehead atoms. The predicted octanol–water partition coefficient (Wildman–Crippen LogP) is 4.60. The quantitative estimate of drug-likeness (QED) is 0.460. The normalized spacial score (nSPS) is 12.6. The van der Waals surface area contributed by atoms with Gasteiger partial charge in [-0.05, 0) is 52.8 Å². The van der Waals surface area contributed by atoms with E-state index in [4.69, 9.17) is 0 Å². The smallest absolute Gasteiger partial charge is 0.261 e. The van der Waals surface area contributed by atoms with Gasteiger partial charge in [0, 0.05) is 25.3 Å². The van der Waals surface area contributed by atoms with Crippen molar-refractivity contribution in [3.63, 3.8) is 0 Å². The Morgan fingerprint density at radius 2 is 1.78 bits per heavy atom. The maximum Gasteiger partial charge on any atom is 0.261 e. The molecule has 0 radical (unpaired) electrons. The van der Waals surface area contributed by atoms with Gasteiger partial charge in [0.05, 0.1) is 10.6 Å². The second-order valence-electron chi connectivity index (χ2n) is 7.89. The average Bonchev–Trinajstić information content (AvgIpc) is 3.49. The number of pyridine rings is 1. The van der Waals surface area contributed by atoms with Crippen LogP contribution in [0.15, 0.2) is 83.0 Å². The first-order valence-electron chi connectivity index (χ1n) is 10.6. The van der Waals surface area contributed by atoms with Gasteiger partial charge in [0.15, 0.2) is 0 Å². The highest BCUT2D eigenvalue weighted by atomic mass is 32.1. The topological polar surface area (TPSA) is 65.2 Å². The Morgan fingerprint density at radius 3 is 2.56 bits per heavy atom. The molecule has 6 heteroatoms. The van der Waals surface area contributed by atoms with E-state index in [2.05, 4.69) is 51.6 Å². The number of hydrogen-bond acceptors (Lipinski definition) is 4. The SMILES string of the molecule is O=C(NCc1ccc(CN2CCc3ccccc32)cc1)c1ccc(-c2cccs2)[nH]c1=O. The van der Waals surface area contributed by atoms with Crippen LogP contribution in [0.25, 0.3) is 10.6 Å². The molecule has 3 heterocycles. The van der Waals surface area contributed by atoms with Gasteiger partial charge in [-0.25, -0.2) is 0 Å². The molecule has 2 aromatic carbocycles. The number of aromatic amines is 1. The third kappa shape index (κ3) is 4.22. The third-order valence-corrected chi connectivity index (χ3v) is 6.68. The highest BCUT2D eigenvalue weighted by Gasteiger charge is 2.18. The summed E-state index contributed by atoms with van der Waals surface area (Å²) in [5, 5.41) is 4.80. The summed E-state index contributed by atoms with van der Waals surface area (Å²) in [5.41, 5.74) is 5.42. The largest absolute Gasteiger partial charge is 0.367 e. The molecule has 1 amide bonds. The molecule has 0 atom stereocenters. The monoisotopic (exact) mass is 441 g/mol. The van der Waals surface area contributed by atoms with Crippen molar-refractivity contribution in [2.75, 3.05) is 11.4 Å². The number of anilines is 1. The molecule has 160 valence electrons. The second kappa shape index (κ2) is 8.85. The van der Waals surface area contributed by atoms with Crippen LogP contribution in [0.2, 0.25) is 0 Å². The van der Waals surface area contributed by atoms with E-state index in [9.17, 15) is 9.59 Å². The van der Waals surface area contributed by atoms with Crippen molar-refractivity contribution in [2.24, 2.45) is 0 Å². The summed E-state index contributed by atoms with van der Waals surface area (Å²) >= 11 is 1.54. The molecule has 2 aromatic heterocycles. The van der Waals surface area contributed by atoms with Crippen LogP contribution >= 0.6 is 11.3 Å². The first-order chi connectivity index (χ1) is 15.7. The Kier molecular flexibility index (Phi) is 5.60. The number of para-hydroxylation sites is 1. The number of nitrogens with zero attached hydrogens (tertiary/aromatic N) is 1. The van der Waals surface area contributed by atoms with Crippen LogP contribution in [0.4, 0.5) is 5.69 Å². The van der Waals surface area contributed by atoms with E-state index in [1.165, 1.54) is 16.8 Å². The second-order valence-corrected chi connectivity index (χ2v) is 8.84. The van der Waals surface area contributed by atoms with Crippen LogP contribution < -0.4 is 15.8 Å². The Balaban J connectivity index is 1.19. The van der Waals surface area contributed by atoms with E-state index in [1.54, 1.807) is 23.5 Å². The lowest BCUT2D eigenvalue weighted by atomic mass is 10.1. The van der Waals surface area contributed by atoms with Crippen molar-refractivity contribution in [1.82, 2.24) is 10.3 Å². The van der Waals surface area contributed by atoms with Gasteiger partial charge in [-0.15, -0.1) is 11.3 Å². The van der Waals surface area contributed by atoms with Crippen molar-refractivity contribution >= 4 is 22.9 Å². The van der Waals surface area contributed by atoms with Gasteiger partial charge in [0.25, 0.3) is 11.5 Å². The third-order valence-electron chi connectivity index (χ3n) is 5.77.